The zero-order chi connectivity index (χ0) is 7.72. The van der Waals surface area contributed by atoms with E-state index in [-0.39, 0.29) is 7.05 Å². The van der Waals surface area contributed by atoms with Gasteiger partial charge in [-0.3, -0.25) is 4.90 Å². The van der Waals surface area contributed by atoms with Gasteiger partial charge in [0.05, 0.1) is 6.17 Å². The topological polar surface area (TPSA) is 26.7 Å². The minimum Gasteiger partial charge on any atom is -0.437 e. The van der Waals surface area contributed by atoms with Gasteiger partial charge in [-0.25, -0.2) is 0 Å². The zero-order valence-electron chi connectivity index (χ0n) is 6.91. The van der Waals surface area contributed by atoms with E-state index in [1.54, 1.807) is 0 Å². The normalized spacial score (nSPS) is 29.4. The van der Waals surface area contributed by atoms with E-state index in [9.17, 15) is 5.02 Å². The SMILES string of the molecule is CB(O)N1CCN(C)C1C. The molecule has 10 heavy (non-hydrogen) atoms. The van der Waals surface area contributed by atoms with Gasteiger partial charge in [-0.15, -0.1) is 0 Å². The molecule has 0 aromatic rings. The minimum absolute atomic E-state index is 0.306. The van der Waals surface area contributed by atoms with Gasteiger partial charge in [0.1, 0.15) is 0 Å². The van der Waals surface area contributed by atoms with Crippen molar-refractivity contribution in [3.8, 4) is 0 Å². The molecule has 1 unspecified atom stereocenters. The maximum atomic E-state index is 9.24. The van der Waals surface area contributed by atoms with Crippen LogP contribution in [0.4, 0.5) is 0 Å². The predicted molar refractivity (Wildman–Crippen MR) is 42.6 cm³/mol. The van der Waals surface area contributed by atoms with Crippen molar-refractivity contribution >= 4 is 7.05 Å². The minimum atomic E-state index is -0.306. The van der Waals surface area contributed by atoms with Crippen molar-refractivity contribution in [2.24, 2.45) is 0 Å². The predicted octanol–water partition coefficient (Wildman–Crippen LogP) is -0.310. The molecule has 4 heteroatoms. The molecule has 0 aromatic carbocycles. The summed E-state index contributed by atoms with van der Waals surface area (Å²) in [6.07, 6.45) is 0.389. The molecule has 1 atom stereocenters. The molecule has 1 heterocycles. The van der Waals surface area contributed by atoms with Crippen LogP contribution in [-0.4, -0.2) is 48.1 Å². The first-order valence-corrected chi connectivity index (χ1v) is 3.77. The quantitative estimate of drug-likeness (QED) is 0.508. The van der Waals surface area contributed by atoms with E-state index in [1.807, 2.05) is 6.82 Å². The molecule has 0 aliphatic carbocycles. The summed E-state index contributed by atoms with van der Waals surface area (Å²) in [4.78, 5) is 4.30. The summed E-state index contributed by atoms with van der Waals surface area (Å²) in [5.74, 6) is 0. The summed E-state index contributed by atoms with van der Waals surface area (Å²) < 4.78 is 0. The molecule has 58 valence electrons. The third-order valence-corrected chi connectivity index (χ3v) is 2.31. The van der Waals surface area contributed by atoms with Crippen molar-refractivity contribution in [1.82, 2.24) is 9.71 Å². The van der Waals surface area contributed by atoms with Gasteiger partial charge < -0.3 is 9.83 Å². The lowest BCUT2D eigenvalue weighted by Crippen LogP contribution is -2.42. The highest BCUT2D eigenvalue weighted by Gasteiger charge is 2.29. The van der Waals surface area contributed by atoms with E-state index in [1.165, 1.54) is 0 Å². The Morgan fingerprint density at radius 3 is 2.30 bits per heavy atom. The average Bonchev–Trinajstić information content (AvgIpc) is 2.14. The highest BCUT2D eigenvalue weighted by Crippen LogP contribution is 2.11. The highest BCUT2D eigenvalue weighted by atomic mass is 16.2. The molecule has 0 saturated carbocycles. The van der Waals surface area contributed by atoms with Crippen LogP contribution in [0.15, 0.2) is 0 Å². The van der Waals surface area contributed by atoms with Crippen LogP contribution in [0.25, 0.3) is 0 Å². The number of rotatable bonds is 1. The largest absolute Gasteiger partial charge is 0.437 e. The Morgan fingerprint density at radius 2 is 2.10 bits per heavy atom. The van der Waals surface area contributed by atoms with E-state index in [0.717, 1.165) is 13.1 Å². The van der Waals surface area contributed by atoms with Crippen molar-refractivity contribution in [1.29, 1.82) is 0 Å². The lowest BCUT2D eigenvalue weighted by molar-refractivity contribution is 0.235. The van der Waals surface area contributed by atoms with Crippen LogP contribution in [0.5, 0.6) is 0 Å². The van der Waals surface area contributed by atoms with Crippen molar-refractivity contribution in [2.75, 3.05) is 20.1 Å². The van der Waals surface area contributed by atoms with Gasteiger partial charge in [0, 0.05) is 13.1 Å². The van der Waals surface area contributed by atoms with Gasteiger partial charge in [0.25, 0.3) is 0 Å². The monoisotopic (exact) mass is 142 g/mol. The first-order valence-electron chi connectivity index (χ1n) is 3.77. The van der Waals surface area contributed by atoms with Gasteiger partial charge in [0.2, 0.25) is 0 Å². The summed E-state index contributed by atoms with van der Waals surface area (Å²) in [5.41, 5.74) is 0. The van der Waals surface area contributed by atoms with Gasteiger partial charge >= 0.3 is 7.05 Å². The van der Waals surface area contributed by atoms with E-state index in [0.29, 0.717) is 6.17 Å². The number of hydrogen-bond donors (Lipinski definition) is 1. The van der Waals surface area contributed by atoms with E-state index in [4.69, 9.17) is 0 Å². The summed E-state index contributed by atoms with van der Waals surface area (Å²) in [5, 5.41) is 9.24. The summed E-state index contributed by atoms with van der Waals surface area (Å²) >= 11 is 0. The first-order chi connectivity index (χ1) is 4.63. The van der Waals surface area contributed by atoms with Crippen LogP contribution in [0.1, 0.15) is 6.92 Å². The van der Waals surface area contributed by atoms with Crippen LogP contribution in [0, 0.1) is 0 Å². The highest BCUT2D eigenvalue weighted by molar-refractivity contribution is 6.45. The molecule has 1 fully saturated rings. The molecule has 1 N–H and O–H groups in total. The second kappa shape index (κ2) is 2.90. The summed E-state index contributed by atoms with van der Waals surface area (Å²) in [6.45, 7) is 5.97. The molecule has 0 bridgehead atoms. The van der Waals surface area contributed by atoms with Crippen molar-refractivity contribution in [2.45, 2.75) is 19.9 Å². The second-order valence-electron chi connectivity index (χ2n) is 2.98. The standard InChI is InChI=1S/C6H15BN2O/c1-6-8(3)4-5-9(6)7(2)10/h6,10H,4-5H2,1-3H3. The molecule has 3 nitrogen and oxygen atoms in total. The van der Waals surface area contributed by atoms with E-state index < -0.39 is 0 Å². The van der Waals surface area contributed by atoms with Crippen LogP contribution in [-0.2, 0) is 0 Å². The molecule has 1 aliphatic heterocycles. The third kappa shape index (κ3) is 1.33. The molecule has 0 radical (unpaired) electrons. The van der Waals surface area contributed by atoms with Gasteiger partial charge in [-0.1, -0.05) is 0 Å². The fourth-order valence-corrected chi connectivity index (χ4v) is 1.40. The molecule has 1 saturated heterocycles. The van der Waals surface area contributed by atoms with Crippen LogP contribution in [0.2, 0.25) is 6.82 Å². The molecular weight excluding hydrogens is 127 g/mol. The van der Waals surface area contributed by atoms with Crippen molar-refractivity contribution in [3.63, 3.8) is 0 Å². The Balaban J connectivity index is 2.49. The smallest absolute Gasteiger partial charge is 0.377 e. The number of nitrogens with zero attached hydrogens (tertiary/aromatic N) is 2. The molecule has 0 spiro atoms. The molecule has 1 aliphatic rings. The Hall–Kier alpha value is -0.0551. The lowest BCUT2D eigenvalue weighted by atomic mass is 9.85. The van der Waals surface area contributed by atoms with Gasteiger partial charge in [-0.2, -0.15) is 0 Å². The number of likely N-dealkylation sites (N-methyl/N-ethyl adjacent to an activating group) is 1. The van der Waals surface area contributed by atoms with Crippen LogP contribution < -0.4 is 0 Å². The van der Waals surface area contributed by atoms with Crippen molar-refractivity contribution in [3.05, 3.63) is 0 Å². The fraction of sp³-hybridized carbons (Fsp3) is 1.00. The van der Waals surface area contributed by atoms with Gasteiger partial charge in [0.15, 0.2) is 0 Å². The molecule has 1 rings (SSSR count). The summed E-state index contributed by atoms with van der Waals surface area (Å²) in [6, 6.07) is 0. The Kier molecular flexibility index (Phi) is 2.34. The Labute approximate surface area is 62.8 Å². The van der Waals surface area contributed by atoms with E-state index >= 15 is 0 Å². The molecule has 0 amide bonds. The van der Waals surface area contributed by atoms with Gasteiger partial charge in [-0.05, 0) is 20.8 Å². The first kappa shape index (κ1) is 8.05. The van der Waals surface area contributed by atoms with Crippen molar-refractivity contribution < 1.29 is 5.02 Å². The Bertz CT molecular complexity index is 120. The second-order valence-corrected chi connectivity index (χ2v) is 2.98. The van der Waals surface area contributed by atoms with E-state index in [2.05, 4.69) is 23.7 Å². The third-order valence-electron chi connectivity index (χ3n) is 2.31. The molecule has 0 aromatic heterocycles. The van der Waals surface area contributed by atoms with Crippen LogP contribution in [0.3, 0.4) is 0 Å². The Morgan fingerprint density at radius 1 is 1.50 bits per heavy atom. The summed E-state index contributed by atoms with van der Waals surface area (Å²) in [7, 11) is 1.77. The number of hydrogen-bond acceptors (Lipinski definition) is 3. The fourth-order valence-electron chi connectivity index (χ4n) is 1.40. The molecular formula is C6H15BN2O. The lowest BCUT2D eigenvalue weighted by Gasteiger charge is -2.24. The van der Waals surface area contributed by atoms with Crippen LogP contribution >= 0.6 is 0 Å². The average molecular weight is 142 g/mol. The maximum Gasteiger partial charge on any atom is 0.377 e. The zero-order valence-corrected chi connectivity index (χ0v) is 6.91. The maximum absolute atomic E-state index is 9.24.